The Bertz CT molecular complexity index is 218. The molecule has 1 heterocycles. The van der Waals surface area contributed by atoms with Crippen LogP contribution in [0.4, 0.5) is 0 Å². The number of rotatable bonds is 1. The van der Waals surface area contributed by atoms with Gasteiger partial charge in [0, 0.05) is 0 Å². The van der Waals surface area contributed by atoms with Gasteiger partial charge in [0.25, 0.3) is 0 Å². The first-order valence-electron chi connectivity index (χ1n) is 2.42. The van der Waals surface area contributed by atoms with E-state index in [4.69, 9.17) is 5.21 Å². The molecule has 0 amide bonds. The largest absolute Gasteiger partial charge is 0.411 e. The highest BCUT2D eigenvalue weighted by molar-refractivity contribution is 7.11. The minimum absolute atomic E-state index is 0.900. The molecule has 4 heteroatoms. The van der Waals surface area contributed by atoms with Crippen molar-refractivity contribution in [1.82, 2.24) is 4.98 Å². The molecule has 1 N–H and O–H groups in total. The van der Waals surface area contributed by atoms with E-state index < -0.39 is 0 Å². The van der Waals surface area contributed by atoms with Crippen LogP contribution in [0.25, 0.3) is 0 Å². The van der Waals surface area contributed by atoms with Crippen LogP contribution in [0, 0.1) is 6.92 Å². The highest BCUT2D eigenvalue weighted by Gasteiger charge is 1.94. The van der Waals surface area contributed by atoms with E-state index in [1.54, 1.807) is 5.51 Å². The molecule has 48 valence electrons. The topological polar surface area (TPSA) is 45.5 Å². The van der Waals surface area contributed by atoms with E-state index >= 15 is 0 Å². The van der Waals surface area contributed by atoms with E-state index in [1.807, 2.05) is 6.92 Å². The molecule has 9 heavy (non-hydrogen) atoms. The van der Waals surface area contributed by atoms with E-state index in [0.29, 0.717) is 0 Å². The van der Waals surface area contributed by atoms with Crippen molar-refractivity contribution in [2.24, 2.45) is 5.16 Å². The van der Waals surface area contributed by atoms with Gasteiger partial charge in [-0.15, -0.1) is 11.3 Å². The summed E-state index contributed by atoms with van der Waals surface area (Å²) in [5.74, 6) is 0. The molecule has 0 unspecified atom stereocenters. The molecule has 0 spiro atoms. The Morgan fingerprint density at radius 1 is 1.89 bits per heavy atom. The number of oxime groups is 1. The second-order valence-electron chi connectivity index (χ2n) is 1.55. The summed E-state index contributed by atoms with van der Waals surface area (Å²) in [5.41, 5.74) is 2.62. The van der Waals surface area contributed by atoms with Gasteiger partial charge >= 0.3 is 0 Å². The van der Waals surface area contributed by atoms with Gasteiger partial charge in [-0.05, 0) is 6.92 Å². The van der Waals surface area contributed by atoms with Crippen molar-refractivity contribution in [2.75, 3.05) is 0 Å². The van der Waals surface area contributed by atoms with Crippen LogP contribution in [0.3, 0.4) is 0 Å². The molecule has 1 rings (SSSR count). The van der Waals surface area contributed by atoms with Gasteiger partial charge in [-0.25, -0.2) is 4.98 Å². The van der Waals surface area contributed by atoms with Crippen LogP contribution in [0.5, 0.6) is 0 Å². The fraction of sp³-hybridized carbons (Fsp3) is 0.200. The van der Waals surface area contributed by atoms with Crippen molar-refractivity contribution in [3.63, 3.8) is 0 Å². The van der Waals surface area contributed by atoms with Crippen LogP contribution in [0.2, 0.25) is 0 Å². The maximum absolute atomic E-state index is 8.11. The predicted octanol–water partition coefficient (Wildman–Crippen LogP) is 1.26. The molecule has 0 aromatic carbocycles. The average Bonchev–Trinajstić information content (AvgIpc) is 2.18. The van der Waals surface area contributed by atoms with Crippen LogP contribution in [-0.2, 0) is 0 Å². The smallest absolute Gasteiger partial charge is 0.0852 e. The van der Waals surface area contributed by atoms with E-state index in [1.165, 1.54) is 17.6 Å². The molecule has 3 nitrogen and oxygen atoms in total. The predicted molar refractivity (Wildman–Crippen MR) is 36.2 cm³/mol. The van der Waals surface area contributed by atoms with Gasteiger partial charge in [-0.1, -0.05) is 5.16 Å². The van der Waals surface area contributed by atoms with Gasteiger partial charge in [0.05, 0.1) is 22.3 Å². The lowest BCUT2D eigenvalue weighted by atomic mass is 10.4. The minimum Gasteiger partial charge on any atom is -0.411 e. The Hall–Kier alpha value is -0.900. The summed E-state index contributed by atoms with van der Waals surface area (Å²) in [5, 5.41) is 11.0. The molecule has 0 bridgehead atoms. The lowest BCUT2D eigenvalue weighted by molar-refractivity contribution is 0.322. The van der Waals surface area contributed by atoms with Crippen molar-refractivity contribution < 1.29 is 5.21 Å². The number of aryl methyl sites for hydroxylation is 1. The zero-order valence-electron chi connectivity index (χ0n) is 4.90. The summed E-state index contributed by atoms with van der Waals surface area (Å²) in [6.07, 6.45) is 1.38. The second-order valence-corrected chi connectivity index (χ2v) is 2.43. The average molecular weight is 142 g/mol. The van der Waals surface area contributed by atoms with Crippen LogP contribution in [0.1, 0.15) is 10.6 Å². The van der Waals surface area contributed by atoms with Gasteiger partial charge in [-0.2, -0.15) is 0 Å². The van der Waals surface area contributed by atoms with Crippen molar-refractivity contribution in [3.8, 4) is 0 Å². The summed E-state index contributed by atoms with van der Waals surface area (Å²) in [6.45, 7) is 1.87. The molecule has 0 fully saturated rings. The molecule has 0 atom stereocenters. The van der Waals surface area contributed by atoms with Crippen molar-refractivity contribution in [2.45, 2.75) is 6.92 Å². The maximum atomic E-state index is 8.11. The third-order valence-corrected chi connectivity index (χ3v) is 1.82. The SMILES string of the molecule is Cc1ncsc1C=NO. The van der Waals surface area contributed by atoms with E-state index in [2.05, 4.69) is 10.1 Å². The minimum atomic E-state index is 0.900. The van der Waals surface area contributed by atoms with Crippen molar-refractivity contribution in [1.29, 1.82) is 0 Å². The van der Waals surface area contributed by atoms with Crippen LogP contribution >= 0.6 is 11.3 Å². The Morgan fingerprint density at radius 3 is 3.11 bits per heavy atom. The monoisotopic (exact) mass is 142 g/mol. The van der Waals surface area contributed by atoms with Crippen molar-refractivity contribution >= 4 is 17.6 Å². The van der Waals surface area contributed by atoms with E-state index in [9.17, 15) is 0 Å². The van der Waals surface area contributed by atoms with Crippen LogP contribution in [0.15, 0.2) is 10.7 Å². The maximum Gasteiger partial charge on any atom is 0.0852 e. The molecular formula is C5H6N2OS. The van der Waals surface area contributed by atoms with E-state index in [-0.39, 0.29) is 0 Å². The molecule has 1 aromatic heterocycles. The third kappa shape index (κ3) is 1.26. The Kier molecular flexibility index (Phi) is 1.79. The van der Waals surface area contributed by atoms with E-state index in [0.717, 1.165) is 10.6 Å². The summed E-state index contributed by atoms with van der Waals surface area (Å²) < 4.78 is 0. The van der Waals surface area contributed by atoms with Crippen LogP contribution in [-0.4, -0.2) is 16.4 Å². The number of hydrogen-bond acceptors (Lipinski definition) is 4. The second kappa shape index (κ2) is 2.59. The number of hydrogen-bond donors (Lipinski definition) is 1. The van der Waals surface area contributed by atoms with Gasteiger partial charge < -0.3 is 5.21 Å². The quantitative estimate of drug-likeness (QED) is 0.364. The number of nitrogens with zero attached hydrogens (tertiary/aromatic N) is 2. The molecule has 0 aliphatic carbocycles. The lowest BCUT2D eigenvalue weighted by Gasteiger charge is -1.81. The Labute approximate surface area is 56.7 Å². The normalized spacial score (nSPS) is 10.8. The fourth-order valence-electron chi connectivity index (χ4n) is 0.487. The Morgan fingerprint density at radius 2 is 2.67 bits per heavy atom. The molecule has 0 radical (unpaired) electrons. The molecule has 1 aromatic rings. The highest BCUT2D eigenvalue weighted by Crippen LogP contribution is 2.07. The van der Waals surface area contributed by atoms with Gasteiger partial charge in [-0.3, -0.25) is 0 Å². The van der Waals surface area contributed by atoms with Gasteiger partial charge in [0.1, 0.15) is 0 Å². The summed E-state index contributed by atoms with van der Waals surface area (Å²) in [7, 11) is 0. The number of thiazole rings is 1. The lowest BCUT2D eigenvalue weighted by Crippen LogP contribution is -1.78. The van der Waals surface area contributed by atoms with Crippen LogP contribution < -0.4 is 0 Å². The first-order valence-corrected chi connectivity index (χ1v) is 3.30. The van der Waals surface area contributed by atoms with Crippen molar-refractivity contribution in [3.05, 3.63) is 16.1 Å². The summed E-state index contributed by atoms with van der Waals surface area (Å²) in [4.78, 5) is 4.85. The van der Waals surface area contributed by atoms with Gasteiger partial charge in [0.2, 0.25) is 0 Å². The first kappa shape index (κ1) is 6.22. The molecule has 0 saturated heterocycles. The molecule has 0 aliphatic heterocycles. The fourth-order valence-corrected chi connectivity index (χ4v) is 1.14. The first-order chi connectivity index (χ1) is 4.34. The standard InChI is InChI=1S/C5H6N2OS/c1-4-5(2-7-8)9-3-6-4/h2-3,8H,1H3. The molecule has 0 aliphatic rings. The molecule has 0 saturated carbocycles. The molecular weight excluding hydrogens is 136 g/mol. The summed E-state index contributed by atoms with van der Waals surface area (Å²) >= 11 is 1.45. The highest BCUT2D eigenvalue weighted by atomic mass is 32.1. The summed E-state index contributed by atoms with van der Waals surface area (Å²) in [6, 6.07) is 0. The van der Waals surface area contributed by atoms with Gasteiger partial charge in [0.15, 0.2) is 0 Å². The third-order valence-electron chi connectivity index (χ3n) is 0.958. The Balaban J connectivity index is 2.94. The number of aromatic nitrogens is 1. The zero-order chi connectivity index (χ0) is 6.69. The zero-order valence-corrected chi connectivity index (χ0v) is 5.72.